The first-order valence-electron chi connectivity index (χ1n) is 7.72. The van der Waals surface area contributed by atoms with Crippen LogP contribution in [-0.2, 0) is 9.59 Å². The topological polar surface area (TPSA) is 57.6 Å². The number of amides is 1. The van der Waals surface area contributed by atoms with Gasteiger partial charge in [-0.05, 0) is 43.8 Å². The molecule has 0 aliphatic carbocycles. The molecule has 2 bridgehead atoms. The van der Waals surface area contributed by atoms with Crippen molar-refractivity contribution in [1.29, 1.82) is 0 Å². The first kappa shape index (κ1) is 15.7. The van der Waals surface area contributed by atoms with Crippen molar-refractivity contribution in [3.63, 3.8) is 0 Å². The van der Waals surface area contributed by atoms with Crippen molar-refractivity contribution in [2.45, 2.75) is 64.0 Å². The minimum Gasteiger partial charge on any atom is -0.481 e. The number of carbonyl (C=O) groups excluding carboxylic acids is 1. The monoisotopic (exact) mass is 299 g/mol. The number of thioether (sulfide) groups is 1. The molecule has 2 heterocycles. The zero-order valence-corrected chi connectivity index (χ0v) is 13.0. The van der Waals surface area contributed by atoms with Crippen molar-refractivity contribution in [2.24, 2.45) is 5.92 Å². The predicted octanol–water partition coefficient (Wildman–Crippen LogP) is 2.76. The molecule has 0 spiro atoms. The summed E-state index contributed by atoms with van der Waals surface area (Å²) in [4.78, 5) is 25.3. The van der Waals surface area contributed by atoms with Crippen LogP contribution in [0, 0.1) is 5.92 Å². The Hall–Kier alpha value is -0.710. The summed E-state index contributed by atoms with van der Waals surface area (Å²) < 4.78 is 0. The number of unbranched alkanes of at least 4 members (excludes halogenated alkanes) is 1. The summed E-state index contributed by atoms with van der Waals surface area (Å²) in [6, 6.07) is 0.606. The molecule has 1 N–H and O–H groups in total. The molecule has 0 aromatic carbocycles. The van der Waals surface area contributed by atoms with Gasteiger partial charge >= 0.3 is 5.97 Å². The Morgan fingerprint density at radius 3 is 2.45 bits per heavy atom. The average Bonchev–Trinajstić information content (AvgIpc) is 2.66. The molecule has 2 fully saturated rings. The van der Waals surface area contributed by atoms with Crippen molar-refractivity contribution < 1.29 is 14.7 Å². The van der Waals surface area contributed by atoms with E-state index in [1.54, 1.807) is 11.8 Å². The van der Waals surface area contributed by atoms with Crippen molar-refractivity contribution in [1.82, 2.24) is 4.90 Å². The van der Waals surface area contributed by atoms with E-state index in [1.165, 1.54) is 12.8 Å². The molecule has 5 heteroatoms. The van der Waals surface area contributed by atoms with Crippen LogP contribution in [0.25, 0.3) is 0 Å². The van der Waals surface area contributed by atoms with Gasteiger partial charge in [-0.2, -0.15) is 11.8 Å². The number of aliphatic carboxylic acids is 1. The minimum atomic E-state index is -0.704. The van der Waals surface area contributed by atoms with Crippen molar-refractivity contribution in [3.8, 4) is 0 Å². The SMILES string of the molecule is CCCCSCC(=O)N1C2CCC1CC(CC(=O)O)C2. The molecular formula is C15H25NO3S. The van der Waals surface area contributed by atoms with E-state index in [1.807, 2.05) is 0 Å². The molecule has 4 nitrogen and oxygen atoms in total. The molecule has 114 valence electrons. The van der Waals surface area contributed by atoms with Crippen LogP contribution in [0.4, 0.5) is 0 Å². The van der Waals surface area contributed by atoms with Gasteiger partial charge in [0, 0.05) is 18.5 Å². The van der Waals surface area contributed by atoms with Gasteiger partial charge in [0.2, 0.25) is 5.91 Å². The van der Waals surface area contributed by atoms with Crippen molar-refractivity contribution in [2.75, 3.05) is 11.5 Å². The Morgan fingerprint density at radius 1 is 1.25 bits per heavy atom. The van der Waals surface area contributed by atoms with Crippen molar-refractivity contribution in [3.05, 3.63) is 0 Å². The number of piperidine rings is 1. The Morgan fingerprint density at radius 2 is 1.90 bits per heavy atom. The van der Waals surface area contributed by atoms with E-state index in [0.29, 0.717) is 17.8 Å². The average molecular weight is 299 g/mol. The van der Waals surface area contributed by atoms with Gasteiger partial charge < -0.3 is 10.0 Å². The lowest BCUT2D eigenvalue weighted by atomic mass is 9.88. The van der Waals surface area contributed by atoms with E-state index in [0.717, 1.165) is 31.4 Å². The van der Waals surface area contributed by atoms with Gasteiger partial charge in [-0.3, -0.25) is 9.59 Å². The Kier molecular flexibility index (Phi) is 5.75. The van der Waals surface area contributed by atoms with Gasteiger partial charge in [-0.25, -0.2) is 0 Å². The smallest absolute Gasteiger partial charge is 0.303 e. The number of fused-ring (bicyclic) bond motifs is 2. The summed E-state index contributed by atoms with van der Waals surface area (Å²) in [6.07, 6.45) is 6.50. The molecule has 0 aromatic heterocycles. The molecule has 0 aromatic rings. The minimum absolute atomic E-state index is 0.264. The summed E-state index contributed by atoms with van der Waals surface area (Å²) in [5.74, 6) is 1.49. The third-order valence-corrected chi connectivity index (χ3v) is 5.48. The molecule has 20 heavy (non-hydrogen) atoms. The second kappa shape index (κ2) is 7.34. The lowest BCUT2D eigenvalue weighted by molar-refractivity contribution is -0.139. The lowest BCUT2D eigenvalue weighted by Gasteiger charge is -2.38. The van der Waals surface area contributed by atoms with Crippen LogP contribution >= 0.6 is 11.8 Å². The highest BCUT2D eigenvalue weighted by Gasteiger charge is 2.43. The summed E-state index contributed by atoms with van der Waals surface area (Å²) in [6.45, 7) is 2.16. The molecule has 1 amide bonds. The van der Waals surface area contributed by atoms with Crippen LogP contribution in [-0.4, -0.2) is 45.5 Å². The number of hydrogen-bond acceptors (Lipinski definition) is 3. The highest BCUT2D eigenvalue weighted by Crippen LogP contribution is 2.40. The number of hydrogen-bond donors (Lipinski definition) is 1. The maximum Gasteiger partial charge on any atom is 0.303 e. The molecule has 0 radical (unpaired) electrons. The van der Waals surface area contributed by atoms with Crippen LogP contribution in [0.5, 0.6) is 0 Å². The van der Waals surface area contributed by atoms with Gasteiger partial charge in [-0.15, -0.1) is 0 Å². The molecule has 2 aliphatic heterocycles. The zero-order chi connectivity index (χ0) is 14.5. The van der Waals surface area contributed by atoms with E-state index in [4.69, 9.17) is 5.11 Å². The molecule has 2 rings (SSSR count). The lowest BCUT2D eigenvalue weighted by Crippen LogP contribution is -2.47. The maximum absolute atomic E-state index is 12.3. The second-order valence-corrected chi connectivity index (χ2v) is 7.13. The van der Waals surface area contributed by atoms with Gasteiger partial charge in [0.05, 0.1) is 5.75 Å². The van der Waals surface area contributed by atoms with Gasteiger partial charge in [0.1, 0.15) is 0 Å². The van der Waals surface area contributed by atoms with Crippen LogP contribution in [0.15, 0.2) is 0 Å². The maximum atomic E-state index is 12.3. The second-order valence-electron chi connectivity index (χ2n) is 6.03. The highest BCUT2D eigenvalue weighted by molar-refractivity contribution is 7.99. The molecule has 2 unspecified atom stereocenters. The zero-order valence-electron chi connectivity index (χ0n) is 12.2. The number of carbonyl (C=O) groups is 2. The fourth-order valence-electron chi connectivity index (χ4n) is 3.59. The Bertz CT molecular complexity index is 347. The number of carboxylic acids is 1. The molecule has 2 saturated heterocycles. The van der Waals surface area contributed by atoms with Crippen LogP contribution in [0.2, 0.25) is 0 Å². The van der Waals surface area contributed by atoms with Crippen LogP contribution in [0.1, 0.15) is 51.9 Å². The quantitative estimate of drug-likeness (QED) is 0.734. The van der Waals surface area contributed by atoms with E-state index in [2.05, 4.69) is 11.8 Å². The summed E-state index contributed by atoms with van der Waals surface area (Å²) >= 11 is 1.74. The third kappa shape index (κ3) is 3.90. The fourth-order valence-corrected chi connectivity index (χ4v) is 4.55. The van der Waals surface area contributed by atoms with Crippen LogP contribution in [0.3, 0.4) is 0 Å². The van der Waals surface area contributed by atoms with Crippen molar-refractivity contribution >= 4 is 23.6 Å². The summed E-state index contributed by atoms with van der Waals surface area (Å²) in [7, 11) is 0. The fraction of sp³-hybridized carbons (Fsp3) is 0.867. The summed E-state index contributed by atoms with van der Waals surface area (Å²) in [5, 5.41) is 8.92. The number of rotatable bonds is 7. The van der Waals surface area contributed by atoms with E-state index >= 15 is 0 Å². The van der Waals surface area contributed by atoms with Gasteiger partial charge in [0.25, 0.3) is 0 Å². The Balaban J connectivity index is 1.82. The number of carboxylic acid groups (broad SMARTS) is 1. The first-order chi connectivity index (χ1) is 9.61. The van der Waals surface area contributed by atoms with Crippen LogP contribution < -0.4 is 0 Å². The predicted molar refractivity (Wildman–Crippen MR) is 80.9 cm³/mol. The van der Waals surface area contributed by atoms with E-state index < -0.39 is 5.97 Å². The standard InChI is InChI=1S/C15H25NO3S/c1-2-3-6-20-10-14(17)16-12-4-5-13(16)8-11(7-12)9-15(18)19/h11-13H,2-10H2,1H3,(H,18,19). The molecular weight excluding hydrogens is 274 g/mol. The van der Waals surface area contributed by atoms with Gasteiger partial charge in [-0.1, -0.05) is 13.3 Å². The Labute approximate surface area is 125 Å². The van der Waals surface area contributed by atoms with E-state index in [-0.39, 0.29) is 18.2 Å². The van der Waals surface area contributed by atoms with Gasteiger partial charge in [0.15, 0.2) is 0 Å². The third-order valence-electron chi connectivity index (χ3n) is 4.45. The number of nitrogens with zero attached hydrogens (tertiary/aromatic N) is 1. The highest BCUT2D eigenvalue weighted by atomic mass is 32.2. The summed E-state index contributed by atoms with van der Waals surface area (Å²) in [5.41, 5.74) is 0. The first-order valence-corrected chi connectivity index (χ1v) is 8.88. The molecule has 2 aliphatic rings. The molecule has 0 saturated carbocycles. The largest absolute Gasteiger partial charge is 0.481 e. The molecule has 2 atom stereocenters. The van der Waals surface area contributed by atoms with E-state index in [9.17, 15) is 9.59 Å². The normalized spacial score (nSPS) is 28.6.